The van der Waals surface area contributed by atoms with E-state index in [1.807, 2.05) is 39.2 Å². The topological polar surface area (TPSA) is 62.7 Å². The molecule has 2 aromatic rings. The fourth-order valence-corrected chi connectivity index (χ4v) is 5.16. The van der Waals surface area contributed by atoms with Gasteiger partial charge in [-0.05, 0) is 52.0 Å². The summed E-state index contributed by atoms with van der Waals surface area (Å²) < 4.78 is 6.58. The van der Waals surface area contributed by atoms with E-state index in [-0.39, 0.29) is 12.1 Å². The van der Waals surface area contributed by atoms with E-state index in [0.29, 0.717) is 6.54 Å². The monoisotopic (exact) mass is 380 g/mol. The minimum atomic E-state index is -0.740. The first kappa shape index (κ1) is 18.5. The predicted molar refractivity (Wildman–Crippen MR) is 102 cm³/mol. The molecule has 0 aromatic carbocycles. The molecule has 5 nitrogen and oxygen atoms in total. The number of ether oxygens (including phenoxy) is 1. The first-order valence-corrected chi connectivity index (χ1v) is 10.4. The number of thioether (sulfide) groups is 1. The Balaban J connectivity index is 1.92. The molecule has 25 heavy (non-hydrogen) atoms. The predicted octanol–water partition coefficient (Wildman–Crippen LogP) is 4.45. The van der Waals surface area contributed by atoms with E-state index in [2.05, 4.69) is 4.98 Å². The smallest absolute Gasteiger partial charge is 0.410 e. The first-order valence-electron chi connectivity index (χ1n) is 8.41. The fourth-order valence-electron chi connectivity index (χ4n) is 3.22. The van der Waals surface area contributed by atoms with E-state index in [9.17, 15) is 9.90 Å². The molecule has 2 aromatic heterocycles. The van der Waals surface area contributed by atoms with Gasteiger partial charge in [-0.15, -0.1) is 23.1 Å². The number of rotatable bonds is 3. The maximum Gasteiger partial charge on any atom is 0.410 e. The molecule has 1 N–H and O–H groups in total. The molecule has 7 heteroatoms. The zero-order valence-corrected chi connectivity index (χ0v) is 16.6. The van der Waals surface area contributed by atoms with Crippen LogP contribution in [0.15, 0.2) is 22.5 Å². The molecule has 1 aliphatic rings. The highest BCUT2D eigenvalue weighted by atomic mass is 32.2. The summed E-state index contributed by atoms with van der Waals surface area (Å²) in [5.41, 5.74) is 0.347. The Morgan fingerprint density at radius 3 is 2.96 bits per heavy atom. The highest BCUT2D eigenvalue weighted by Crippen LogP contribution is 2.43. The summed E-state index contributed by atoms with van der Waals surface area (Å²) in [6.07, 6.45) is 4.32. The van der Waals surface area contributed by atoms with Crippen LogP contribution in [0.3, 0.4) is 0 Å². The lowest BCUT2D eigenvalue weighted by Crippen LogP contribution is -2.42. The lowest BCUT2D eigenvalue weighted by molar-refractivity contribution is 0.00484. The van der Waals surface area contributed by atoms with Crippen LogP contribution in [-0.4, -0.2) is 45.5 Å². The van der Waals surface area contributed by atoms with Crippen molar-refractivity contribution in [3.63, 3.8) is 0 Å². The largest absolute Gasteiger partial charge is 0.444 e. The van der Waals surface area contributed by atoms with E-state index >= 15 is 0 Å². The molecule has 3 heterocycles. The fraction of sp³-hybridized carbons (Fsp3) is 0.556. The number of carbonyl (C=O) groups is 1. The van der Waals surface area contributed by atoms with Crippen LogP contribution in [0.1, 0.15) is 45.3 Å². The van der Waals surface area contributed by atoms with Crippen molar-refractivity contribution in [1.82, 2.24) is 9.88 Å². The Morgan fingerprint density at radius 1 is 1.52 bits per heavy atom. The number of hydrogen-bond acceptors (Lipinski definition) is 6. The number of thiophene rings is 1. The molecular formula is C18H24N2O3S2. The molecule has 1 fully saturated rings. The van der Waals surface area contributed by atoms with Crippen molar-refractivity contribution < 1.29 is 14.6 Å². The van der Waals surface area contributed by atoms with E-state index in [1.165, 1.54) is 0 Å². The Morgan fingerprint density at radius 2 is 2.28 bits per heavy atom. The maximum atomic E-state index is 12.5. The molecule has 2 atom stereocenters. The molecule has 1 aliphatic heterocycles. The van der Waals surface area contributed by atoms with Gasteiger partial charge >= 0.3 is 6.09 Å². The van der Waals surface area contributed by atoms with Gasteiger partial charge in [-0.1, -0.05) is 0 Å². The summed E-state index contributed by atoms with van der Waals surface area (Å²) in [5.74, 6) is 0. The van der Waals surface area contributed by atoms with Crippen molar-refractivity contribution in [2.24, 2.45) is 0 Å². The molecule has 0 spiro atoms. The summed E-state index contributed by atoms with van der Waals surface area (Å²) in [5, 5.41) is 12.1. The van der Waals surface area contributed by atoms with Crippen molar-refractivity contribution in [2.75, 3.05) is 12.8 Å². The number of pyridine rings is 1. The molecule has 2 unspecified atom stereocenters. The number of fused-ring (bicyclic) bond motifs is 1. The molecule has 0 aliphatic carbocycles. The van der Waals surface area contributed by atoms with Crippen LogP contribution in [0.2, 0.25) is 0 Å². The van der Waals surface area contributed by atoms with Gasteiger partial charge in [0.15, 0.2) is 0 Å². The number of hydrogen-bond donors (Lipinski definition) is 1. The molecule has 0 saturated carbocycles. The van der Waals surface area contributed by atoms with Gasteiger partial charge in [-0.25, -0.2) is 9.78 Å². The second-order valence-corrected chi connectivity index (χ2v) is 9.27. The minimum absolute atomic E-state index is 0.265. The van der Waals surface area contributed by atoms with Gasteiger partial charge < -0.3 is 14.7 Å². The van der Waals surface area contributed by atoms with E-state index in [1.54, 1.807) is 34.2 Å². The average Bonchev–Trinajstić information content (AvgIpc) is 3.17. The summed E-state index contributed by atoms with van der Waals surface area (Å²) in [7, 11) is 0. The molecular weight excluding hydrogens is 356 g/mol. The number of aromatic nitrogens is 1. The summed E-state index contributed by atoms with van der Waals surface area (Å²) in [6.45, 7) is 6.19. The first-order chi connectivity index (χ1) is 11.8. The number of aliphatic hydroxyl groups is 1. The third-order valence-corrected chi connectivity index (χ3v) is 6.51. The third-order valence-electron chi connectivity index (χ3n) is 4.24. The summed E-state index contributed by atoms with van der Waals surface area (Å²) in [6, 6.07) is 3.61. The Hall–Kier alpha value is -1.31. The number of aliphatic hydroxyl groups excluding tert-OH is 1. The minimum Gasteiger partial charge on any atom is -0.444 e. The molecule has 136 valence electrons. The molecule has 1 amide bonds. The van der Waals surface area contributed by atoms with Crippen LogP contribution in [0.4, 0.5) is 4.79 Å². The van der Waals surface area contributed by atoms with Gasteiger partial charge in [0.05, 0.1) is 10.3 Å². The maximum absolute atomic E-state index is 12.5. The average molecular weight is 381 g/mol. The molecule has 1 saturated heterocycles. The van der Waals surface area contributed by atoms with Gasteiger partial charge in [0.1, 0.15) is 16.5 Å². The Kier molecular flexibility index (Phi) is 5.27. The van der Waals surface area contributed by atoms with Crippen molar-refractivity contribution in [1.29, 1.82) is 0 Å². The van der Waals surface area contributed by atoms with Crippen molar-refractivity contribution in [2.45, 2.75) is 55.6 Å². The van der Waals surface area contributed by atoms with Crippen LogP contribution in [0, 0.1) is 0 Å². The molecule has 0 radical (unpaired) electrons. The lowest BCUT2D eigenvalue weighted by atomic mass is 10.0. The SMILES string of the molecule is CSc1sc2ncccc2c1C(O)C1CCCN1C(=O)OC(C)(C)C. The second-order valence-electron chi connectivity index (χ2n) is 7.19. The number of carbonyl (C=O) groups excluding carboxylic acids is 1. The highest BCUT2D eigenvalue weighted by molar-refractivity contribution is 8.00. The number of likely N-dealkylation sites (tertiary alicyclic amines) is 1. The van der Waals surface area contributed by atoms with Crippen LogP contribution >= 0.6 is 23.1 Å². The third kappa shape index (κ3) is 3.78. The quantitative estimate of drug-likeness (QED) is 0.797. The lowest BCUT2D eigenvalue weighted by Gasteiger charge is -2.31. The standard InChI is InChI=1S/C18H24N2O3S2/c1-18(2,3)23-17(22)20-10-6-8-12(20)14(21)13-11-7-5-9-19-15(11)25-16(13)24-4/h5,7,9,12,14,21H,6,8,10H2,1-4H3. The molecule has 0 bridgehead atoms. The van der Waals surface area contributed by atoms with E-state index in [0.717, 1.165) is 32.8 Å². The Bertz CT molecular complexity index is 769. The van der Waals surface area contributed by atoms with Crippen molar-refractivity contribution >= 4 is 39.4 Å². The van der Waals surface area contributed by atoms with Crippen LogP contribution in [-0.2, 0) is 4.74 Å². The van der Waals surface area contributed by atoms with Gasteiger partial charge in [0, 0.05) is 23.7 Å². The number of nitrogens with zero attached hydrogens (tertiary/aromatic N) is 2. The van der Waals surface area contributed by atoms with Gasteiger partial charge in [0.2, 0.25) is 0 Å². The summed E-state index contributed by atoms with van der Waals surface area (Å²) in [4.78, 5) is 19.6. The zero-order valence-electron chi connectivity index (χ0n) is 15.0. The van der Waals surface area contributed by atoms with E-state index < -0.39 is 11.7 Å². The van der Waals surface area contributed by atoms with Gasteiger partial charge in [0.25, 0.3) is 0 Å². The van der Waals surface area contributed by atoms with Gasteiger partial charge in [-0.2, -0.15) is 0 Å². The van der Waals surface area contributed by atoms with Crippen molar-refractivity contribution in [3.05, 3.63) is 23.9 Å². The zero-order chi connectivity index (χ0) is 18.2. The Labute approximate surface area is 156 Å². The van der Waals surface area contributed by atoms with Crippen LogP contribution < -0.4 is 0 Å². The van der Waals surface area contributed by atoms with Crippen molar-refractivity contribution in [3.8, 4) is 0 Å². The number of amides is 1. The summed E-state index contributed by atoms with van der Waals surface area (Å²) >= 11 is 3.20. The normalized spacial score (nSPS) is 19.4. The highest BCUT2D eigenvalue weighted by Gasteiger charge is 2.38. The van der Waals surface area contributed by atoms with Crippen LogP contribution in [0.5, 0.6) is 0 Å². The molecule has 3 rings (SSSR count). The second kappa shape index (κ2) is 7.13. The van der Waals surface area contributed by atoms with Crippen LogP contribution in [0.25, 0.3) is 10.2 Å². The van der Waals surface area contributed by atoms with Gasteiger partial charge in [-0.3, -0.25) is 0 Å². The van der Waals surface area contributed by atoms with E-state index in [4.69, 9.17) is 4.74 Å².